The molecule has 27 heavy (non-hydrogen) atoms. The fourth-order valence-corrected chi connectivity index (χ4v) is 3.70. The van der Waals surface area contributed by atoms with Gasteiger partial charge in [-0.3, -0.25) is 4.79 Å². The number of rotatable bonds is 5. The van der Waals surface area contributed by atoms with E-state index in [1.165, 1.54) is 12.1 Å². The number of anilines is 1. The summed E-state index contributed by atoms with van der Waals surface area (Å²) in [7, 11) is 0. The maximum Gasteiger partial charge on any atom is 0.235 e. The van der Waals surface area contributed by atoms with Gasteiger partial charge in [-0.2, -0.15) is 5.26 Å². The molecule has 0 aliphatic heterocycles. The fraction of sp³-hybridized carbons (Fsp3) is 0.364. The van der Waals surface area contributed by atoms with E-state index in [9.17, 15) is 14.4 Å². The zero-order valence-corrected chi connectivity index (χ0v) is 15.6. The van der Waals surface area contributed by atoms with E-state index < -0.39 is 5.41 Å². The van der Waals surface area contributed by atoms with Crippen molar-refractivity contribution < 1.29 is 13.9 Å². The molecule has 1 N–H and O–H groups in total. The number of carbonyl (C=O) groups excluding carboxylic acids is 1. The van der Waals surface area contributed by atoms with Crippen LogP contribution in [0.3, 0.4) is 0 Å². The Morgan fingerprint density at radius 1 is 1.19 bits per heavy atom. The molecule has 1 aliphatic rings. The molecule has 1 aliphatic carbocycles. The van der Waals surface area contributed by atoms with E-state index in [2.05, 4.69) is 11.4 Å². The van der Waals surface area contributed by atoms with Crippen molar-refractivity contribution in [3.05, 3.63) is 59.4 Å². The van der Waals surface area contributed by atoms with Crippen molar-refractivity contribution >= 4 is 11.6 Å². The number of nitriles is 1. The Balaban J connectivity index is 1.86. The second-order valence-corrected chi connectivity index (χ2v) is 7.24. The second kappa shape index (κ2) is 7.79. The van der Waals surface area contributed by atoms with Gasteiger partial charge < -0.3 is 10.1 Å². The van der Waals surface area contributed by atoms with Crippen LogP contribution in [0.25, 0.3) is 0 Å². The Labute approximate surface area is 159 Å². The zero-order valence-electron chi connectivity index (χ0n) is 15.6. The van der Waals surface area contributed by atoms with E-state index in [-0.39, 0.29) is 17.8 Å². The molecule has 1 saturated carbocycles. The lowest BCUT2D eigenvalue weighted by Gasteiger charge is -2.28. The summed E-state index contributed by atoms with van der Waals surface area (Å²) in [4.78, 5) is 13.2. The Morgan fingerprint density at radius 2 is 1.85 bits per heavy atom. The van der Waals surface area contributed by atoms with Gasteiger partial charge in [0.15, 0.2) is 0 Å². The highest BCUT2D eigenvalue weighted by atomic mass is 19.1. The van der Waals surface area contributed by atoms with Crippen molar-refractivity contribution in [1.29, 1.82) is 5.26 Å². The lowest BCUT2D eigenvalue weighted by molar-refractivity contribution is -0.121. The molecule has 0 radical (unpaired) electrons. The highest BCUT2D eigenvalue weighted by Gasteiger charge is 2.42. The van der Waals surface area contributed by atoms with Gasteiger partial charge in [-0.05, 0) is 62.6 Å². The molecule has 0 spiro atoms. The molecule has 0 heterocycles. The number of nitrogens with zero attached hydrogens (tertiary/aromatic N) is 1. The topological polar surface area (TPSA) is 62.1 Å². The molecule has 4 nitrogen and oxygen atoms in total. The summed E-state index contributed by atoms with van der Waals surface area (Å²) >= 11 is 0. The molecule has 2 aromatic rings. The zero-order chi connectivity index (χ0) is 19.4. The maximum absolute atomic E-state index is 13.3. The maximum atomic E-state index is 13.3. The van der Waals surface area contributed by atoms with Gasteiger partial charge in [0.1, 0.15) is 17.6 Å². The number of hydrogen-bond acceptors (Lipinski definition) is 3. The highest BCUT2D eigenvalue weighted by molar-refractivity contribution is 5.99. The van der Waals surface area contributed by atoms with Crippen LogP contribution in [-0.2, 0) is 10.2 Å². The summed E-state index contributed by atoms with van der Waals surface area (Å²) in [5, 5.41) is 12.3. The van der Waals surface area contributed by atoms with E-state index in [1.807, 2.05) is 13.8 Å². The van der Waals surface area contributed by atoms with Crippen molar-refractivity contribution in [1.82, 2.24) is 0 Å². The Kier molecular flexibility index (Phi) is 5.46. The van der Waals surface area contributed by atoms with Gasteiger partial charge in [-0.25, -0.2) is 4.39 Å². The molecule has 140 valence electrons. The van der Waals surface area contributed by atoms with E-state index in [0.717, 1.165) is 31.2 Å². The molecule has 0 saturated heterocycles. The van der Waals surface area contributed by atoms with Crippen LogP contribution in [0, 0.1) is 17.1 Å². The molecule has 1 amide bonds. The van der Waals surface area contributed by atoms with E-state index in [1.54, 1.807) is 30.3 Å². The minimum Gasteiger partial charge on any atom is -0.490 e. The van der Waals surface area contributed by atoms with Crippen LogP contribution in [-0.4, -0.2) is 12.0 Å². The molecular weight excluding hydrogens is 343 g/mol. The third kappa shape index (κ3) is 3.95. The quantitative estimate of drug-likeness (QED) is 0.816. The van der Waals surface area contributed by atoms with Gasteiger partial charge >= 0.3 is 0 Å². The second-order valence-electron chi connectivity index (χ2n) is 7.24. The number of nitrogens with one attached hydrogen (secondary N) is 1. The number of amides is 1. The first kappa shape index (κ1) is 18.9. The fourth-order valence-electron chi connectivity index (χ4n) is 3.70. The smallest absolute Gasteiger partial charge is 0.235 e. The third-order valence-electron chi connectivity index (χ3n) is 5.01. The van der Waals surface area contributed by atoms with E-state index >= 15 is 0 Å². The third-order valence-corrected chi connectivity index (χ3v) is 5.01. The molecule has 0 bridgehead atoms. The molecule has 0 aromatic heterocycles. The average molecular weight is 366 g/mol. The van der Waals surface area contributed by atoms with Crippen molar-refractivity contribution in [3.8, 4) is 11.8 Å². The van der Waals surface area contributed by atoms with Crippen LogP contribution in [0.2, 0.25) is 0 Å². The largest absolute Gasteiger partial charge is 0.490 e. The number of hydrogen-bond donors (Lipinski definition) is 1. The predicted octanol–water partition coefficient (Wildman–Crippen LogP) is 4.94. The summed E-state index contributed by atoms with van der Waals surface area (Å²) in [6.07, 6.45) is 3.32. The summed E-state index contributed by atoms with van der Waals surface area (Å²) in [6.45, 7) is 3.78. The van der Waals surface area contributed by atoms with Gasteiger partial charge in [0.25, 0.3) is 0 Å². The van der Waals surface area contributed by atoms with Gasteiger partial charge in [0, 0.05) is 5.69 Å². The van der Waals surface area contributed by atoms with Crippen LogP contribution in [0.15, 0.2) is 42.5 Å². The Bertz CT molecular complexity index is 863. The van der Waals surface area contributed by atoms with Crippen molar-refractivity contribution in [2.75, 3.05) is 5.32 Å². The van der Waals surface area contributed by atoms with E-state index in [0.29, 0.717) is 17.0 Å². The van der Waals surface area contributed by atoms with Crippen LogP contribution in [0.5, 0.6) is 5.75 Å². The first-order valence-electron chi connectivity index (χ1n) is 9.23. The van der Waals surface area contributed by atoms with Crippen LogP contribution >= 0.6 is 0 Å². The summed E-state index contributed by atoms with van der Waals surface area (Å²) < 4.78 is 18.9. The summed E-state index contributed by atoms with van der Waals surface area (Å²) in [5.41, 5.74) is 1.11. The van der Waals surface area contributed by atoms with Crippen molar-refractivity contribution in [2.45, 2.75) is 51.0 Å². The lowest BCUT2D eigenvalue weighted by Crippen LogP contribution is -2.38. The number of carbonyl (C=O) groups is 1. The summed E-state index contributed by atoms with van der Waals surface area (Å²) in [6, 6.07) is 13.4. The Morgan fingerprint density at radius 3 is 2.44 bits per heavy atom. The molecular formula is C22H23FN2O2. The van der Waals surface area contributed by atoms with Crippen LogP contribution in [0.1, 0.15) is 50.7 Å². The minimum atomic E-state index is -0.659. The molecule has 5 heteroatoms. The lowest BCUT2D eigenvalue weighted by atomic mass is 9.78. The first-order valence-corrected chi connectivity index (χ1v) is 9.23. The van der Waals surface area contributed by atoms with Gasteiger partial charge in [0.05, 0.1) is 17.1 Å². The number of benzene rings is 2. The van der Waals surface area contributed by atoms with Crippen LogP contribution < -0.4 is 10.1 Å². The van der Waals surface area contributed by atoms with Crippen molar-refractivity contribution in [3.63, 3.8) is 0 Å². The van der Waals surface area contributed by atoms with Crippen LogP contribution in [0.4, 0.5) is 10.1 Å². The van der Waals surface area contributed by atoms with E-state index in [4.69, 9.17) is 4.74 Å². The number of ether oxygens (including phenoxy) is 1. The van der Waals surface area contributed by atoms with Gasteiger partial charge in [-0.1, -0.05) is 25.0 Å². The first-order chi connectivity index (χ1) is 12.9. The number of halogens is 1. The normalized spacial score (nSPS) is 15.4. The van der Waals surface area contributed by atoms with Gasteiger partial charge in [0.2, 0.25) is 5.91 Å². The SMILES string of the molecule is CC(C)Oc1ccc(NC(=O)C2(c3ccc(F)cc3)CCCC2)cc1C#N. The summed E-state index contributed by atoms with van der Waals surface area (Å²) in [5.74, 6) is 0.0688. The standard InChI is InChI=1S/C22H23FN2O2/c1-15(2)27-20-10-9-19(13-16(20)14-24)25-21(26)22(11-3-4-12-22)17-5-7-18(23)8-6-17/h5-10,13,15H,3-4,11-12H2,1-2H3,(H,25,26). The van der Waals surface area contributed by atoms with Crippen molar-refractivity contribution in [2.24, 2.45) is 0 Å². The average Bonchev–Trinajstić information content (AvgIpc) is 3.14. The minimum absolute atomic E-state index is 0.0437. The monoisotopic (exact) mass is 366 g/mol. The highest BCUT2D eigenvalue weighted by Crippen LogP contribution is 2.42. The molecule has 3 rings (SSSR count). The predicted molar refractivity (Wildman–Crippen MR) is 102 cm³/mol. The molecule has 0 unspecified atom stereocenters. The molecule has 0 atom stereocenters. The Hall–Kier alpha value is -2.87. The molecule has 2 aromatic carbocycles. The molecule has 1 fully saturated rings. The van der Waals surface area contributed by atoms with Gasteiger partial charge in [-0.15, -0.1) is 0 Å².